The molecule has 0 bridgehead atoms. The molecule has 16 heavy (non-hydrogen) atoms. The molecule has 0 amide bonds. The van der Waals surface area contributed by atoms with Crippen LogP contribution in [-0.4, -0.2) is 22.1 Å². The fourth-order valence-corrected chi connectivity index (χ4v) is 2.28. The fourth-order valence-electron chi connectivity index (χ4n) is 1.13. The Hall–Kier alpha value is -1.14. The molecule has 1 aromatic rings. The minimum absolute atomic E-state index is 0.000741. The van der Waals surface area contributed by atoms with Crippen LogP contribution in [0.5, 0.6) is 5.75 Å². The van der Waals surface area contributed by atoms with E-state index in [1.54, 1.807) is 0 Å². The molecule has 1 N–H and O–H groups in total. The average molecular weight is 247 g/mol. The van der Waals surface area contributed by atoms with Gasteiger partial charge in [-0.05, 0) is 18.6 Å². The molecule has 0 atom stereocenters. The molecule has 4 nitrogen and oxygen atoms in total. The first-order chi connectivity index (χ1) is 7.51. The maximum absolute atomic E-state index is 13.1. The monoisotopic (exact) mass is 247 g/mol. The second-order valence-corrected chi connectivity index (χ2v) is 4.96. The quantitative estimate of drug-likeness (QED) is 0.858. The molecule has 0 radical (unpaired) electrons. The van der Waals surface area contributed by atoms with Crippen molar-refractivity contribution in [1.29, 1.82) is 0 Å². The Balaban J connectivity index is 3.04. The highest BCUT2D eigenvalue weighted by atomic mass is 32.2. The first-order valence-corrected chi connectivity index (χ1v) is 6.32. The van der Waals surface area contributed by atoms with E-state index in [9.17, 15) is 12.8 Å². The van der Waals surface area contributed by atoms with Gasteiger partial charge in [-0.1, -0.05) is 6.92 Å². The molecular formula is C10H14FNO3S. The van der Waals surface area contributed by atoms with Gasteiger partial charge in [0.25, 0.3) is 0 Å². The minimum Gasteiger partial charge on any atom is -0.494 e. The SMILES string of the molecule is CCCNS(=O)(=O)c1ccc(F)c(OC)c1. The van der Waals surface area contributed by atoms with Crippen molar-refractivity contribution in [3.8, 4) is 5.75 Å². The first kappa shape index (κ1) is 12.9. The van der Waals surface area contributed by atoms with Crippen LogP contribution in [0.4, 0.5) is 4.39 Å². The van der Waals surface area contributed by atoms with Gasteiger partial charge in [-0.15, -0.1) is 0 Å². The van der Waals surface area contributed by atoms with Crippen LogP contribution in [0.15, 0.2) is 23.1 Å². The van der Waals surface area contributed by atoms with E-state index < -0.39 is 15.8 Å². The molecule has 0 aliphatic heterocycles. The van der Waals surface area contributed by atoms with Gasteiger partial charge in [-0.25, -0.2) is 17.5 Å². The van der Waals surface area contributed by atoms with Crippen molar-refractivity contribution in [3.05, 3.63) is 24.0 Å². The molecule has 0 heterocycles. The van der Waals surface area contributed by atoms with E-state index in [1.165, 1.54) is 13.2 Å². The standard InChI is InChI=1S/C10H14FNO3S/c1-3-6-12-16(13,14)8-4-5-9(11)10(7-8)15-2/h4-5,7,12H,3,6H2,1-2H3. The summed E-state index contributed by atoms with van der Waals surface area (Å²) in [4.78, 5) is -0.000741. The first-order valence-electron chi connectivity index (χ1n) is 4.84. The molecule has 0 aliphatic rings. The maximum atomic E-state index is 13.1. The Morgan fingerprint density at radius 3 is 2.69 bits per heavy atom. The summed E-state index contributed by atoms with van der Waals surface area (Å²) in [6.45, 7) is 2.20. The lowest BCUT2D eigenvalue weighted by Crippen LogP contribution is -2.24. The number of hydrogen-bond acceptors (Lipinski definition) is 3. The Morgan fingerprint density at radius 2 is 2.12 bits per heavy atom. The predicted octanol–water partition coefficient (Wildman–Crippen LogP) is 1.52. The maximum Gasteiger partial charge on any atom is 0.240 e. The number of halogens is 1. The van der Waals surface area contributed by atoms with Gasteiger partial charge in [0.15, 0.2) is 11.6 Å². The van der Waals surface area contributed by atoms with Crippen LogP contribution in [0.3, 0.4) is 0 Å². The van der Waals surface area contributed by atoms with E-state index in [4.69, 9.17) is 4.74 Å². The molecule has 1 rings (SSSR count). The molecule has 0 aliphatic carbocycles. The summed E-state index contributed by atoms with van der Waals surface area (Å²) < 4.78 is 43.5. The van der Waals surface area contributed by atoms with Crippen molar-refractivity contribution in [2.45, 2.75) is 18.2 Å². The highest BCUT2D eigenvalue weighted by Crippen LogP contribution is 2.21. The molecule has 0 aromatic heterocycles. The van der Waals surface area contributed by atoms with Crippen LogP contribution in [0.1, 0.15) is 13.3 Å². The largest absolute Gasteiger partial charge is 0.494 e. The van der Waals surface area contributed by atoms with Crippen molar-refractivity contribution >= 4 is 10.0 Å². The molecule has 6 heteroatoms. The average Bonchev–Trinajstić information content (AvgIpc) is 2.27. The Kier molecular flexibility index (Phi) is 4.26. The van der Waals surface area contributed by atoms with E-state index in [0.717, 1.165) is 12.1 Å². The van der Waals surface area contributed by atoms with Crippen molar-refractivity contribution in [2.75, 3.05) is 13.7 Å². The van der Waals surface area contributed by atoms with E-state index in [2.05, 4.69) is 4.72 Å². The third-order valence-electron chi connectivity index (χ3n) is 1.97. The lowest BCUT2D eigenvalue weighted by atomic mass is 10.3. The minimum atomic E-state index is -3.57. The van der Waals surface area contributed by atoms with Gasteiger partial charge in [0.05, 0.1) is 12.0 Å². The van der Waals surface area contributed by atoms with Crippen LogP contribution in [0, 0.1) is 5.82 Å². The number of ether oxygens (including phenoxy) is 1. The lowest BCUT2D eigenvalue weighted by molar-refractivity contribution is 0.385. The number of hydrogen-bond donors (Lipinski definition) is 1. The van der Waals surface area contributed by atoms with Crippen LogP contribution in [0.25, 0.3) is 0 Å². The smallest absolute Gasteiger partial charge is 0.240 e. The molecular weight excluding hydrogens is 233 g/mol. The Labute approximate surface area is 94.5 Å². The molecule has 0 unspecified atom stereocenters. The van der Waals surface area contributed by atoms with Crippen molar-refractivity contribution in [3.63, 3.8) is 0 Å². The van der Waals surface area contributed by atoms with E-state index in [1.807, 2.05) is 6.92 Å². The second-order valence-electron chi connectivity index (χ2n) is 3.19. The summed E-state index contributed by atoms with van der Waals surface area (Å²) in [5, 5.41) is 0. The summed E-state index contributed by atoms with van der Waals surface area (Å²) in [5.74, 6) is -0.670. The third-order valence-corrected chi connectivity index (χ3v) is 3.43. The van der Waals surface area contributed by atoms with Gasteiger partial charge in [-0.2, -0.15) is 0 Å². The van der Waals surface area contributed by atoms with Crippen LogP contribution in [0.2, 0.25) is 0 Å². The highest BCUT2D eigenvalue weighted by molar-refractivity contribution is 7.89. The van der Waals surface area contributed by atoms with Crippen LogP contribution < -0.4 is 9.46 Å². The molecule has 0 fully saturated rings. The normalized spacial score (nSPS) is 11.4. The lowest BCUT2D eigenvalue weighted by Gasteiger charge is -2.07. The van der Waals surface area contributed by atoms with Gasteiger partial charge >= 0.3 is 0 Å². The zero-order valence-electron chi connectivity index (χ0n) is 9.16. The van der Waals surface area contributed by atoms with Gasteiger partial charge in [0.2, 0.25) is 10.0 Å². The zero-order chi connectivity index (χ0) is 12.2. The van der Waals surface area contributed by atoms with Gasteiger partial charge in [-0.3, -0.25) is 0 Å². The summed E-state index contributed by atoms with van der Waals surface area (Å²) in [5.41, 5.74) is 0. The molecule has 0 spiro atoms. The van der Waals surface area contributed by atoms with Gasteiger partial charge < -0.3 is 4.74 Å². The van der Waals surface area contributed by atoms with Crippen LogP contribution >= 0.6 is 0 Å². The summed E-state index contributed by atoms with van der Waals surface area (Å²) in [6, 6.07) is 3.43. The van der Waals surface area contributed by atoms with Crippen molar-refractivity contribution in [2.24, 2.45) is 0 Å². The zero-order valence-corrected chi connectivity index (χ0v) is 9.97. The third kappa shape index (κ3) is 2.93. The Morgan fingerprint density at radius 1 is 1.44 bits per heavy atom. The van der Waals surface area contributed by atoms with Crippen molar-refractivity contribution in [1.82, 2.24) is 4.72 Å². The molecule has 0 saturated carbocycles. The summed E-state index contributed by atoms with van der Waals surface area (Å²) in [7, 11) is -2.28. The van der Waals surface area contributed by atoms with E-state index in [-0.39, 0.29) is 10.6 Å². The summed E-state index contributed by atoms with van der Waals surface area (Å²) in [6.07, 6.45) is 0.692. The van der Waals surface area contributed by atoms with Crippen molar-refractivity contribution < 1.29 is 17.5 Å². The van der Waals surface area contributed by atoms with E-state index >= 15 is 0 Å². The van der Waals surface area contributed by atoms with Crippen LogP contribution in [-0.2, 0) is 10.0 Å². The number of benzene rings is 1. The number of rotatable bonds is 5. The van der Waals surface area contributed by atoms with Gasteiger partial charge in [0, 0.05) is 12.6 Å². The highest BCUT2D eigenvalue weighted by Gasteiger charge is 2.15. The predicted molar refractivity (Wildman–Crippen MR) is 58.4 cm³/mol. The number of nitrogens with one attached hydrogen (secondary N) is 1. The molecule has 0 saturated heterocycles. The fraction of sp³-hybridized carbons (Fsp3) is 0.400. The van der Waals surface area contributed by atoms with E-state index in [0.29, 0.717) is 13.0 Å². The topological polar surface area (TPSA) is 55.4 Å². The molecule has 1 aromatic carbocycles. The second kappa shape index (κ2) is 5.27. The number of sulfonamides is 1. The molecule has 90 valence electrons. The van der Waals surface area contributed by atoms with Gasteiger partial charge in [0.1, 0.15) is 0 Å². The summed E-state index contributed by atoms with van der Waals surface area (Å²) >= 11 is 0. The number of methoxy groups -OCH3 is 1. The Bertz CT molecular complexity index is 459.